The summed E-state index contributed by atoms with van der Waals surface area (Å²) in [5.74, 6) is 0.318. The molecule has 2 saturated heterocycles. The van der Waals surface area contributed by atoms with Crippen molar-refractivity contribution in [2.75, 3.05) is 19.6 Å². The van der Waals surface area contributed by atoms with E-state index in [1.165, 1.54) is 24.0 Å². The minimum absolute atomic E-state index is 0. The van der Waals surface area contributed by atoms with Gasteiger partial charge in [-0.3, -0.25) is 9.69 Å². The first-order valence-electron chi connectivity index (χ1n) is 9.06. The molecule has 3 aliphatic heterocycles. The number of hydrogen-bond acceptors (Lipinski definition) is 3. The van der Waals surface area contributed by atoms with Gasteiger partial charge in [0, 0.05) is 38.3 Å². The minimum Gasteiger partial charge on any atom is -0.340 e. The molecule has 3 unspecified atom stereocenters. The number of benzene rings is 1. The van der Waals surface area contributed by atoms with E-state index in [4.69, 9.17) is 0 Å². The number of carbonyl (C=O) groups excluding carboxylic acids is 1. The topological polar surface area (TPSA) is 35.6 Å². The zero-order valence-corrected chi connectivity index (χ0v) is 16.5. The normalized spacial score (nSPS) is 26.7. The monoisotopic (exact) mass is 385 g/mol. The van der Waals surface area contributed by atoms with Gasteiger partial charge in [-0.1, -0.05) is 24.3 Å². The second-order valence-corrected chi connectivity index (χ2v) is 7.38. The number of rotatable bonds is 2. The Hall–Kier alpha value is -0.810. The second kappa shape index (κ2) is 8.72. The molecule has 1 aromatic rings. The summed E-state index contributed by atoms with van der Waals surface area (Å²) in [6.45, 7) is 5.79. The van der Waals surface area contributed by atoms with Crippen LogP contribution in [0.2, 0.25) is 0 Å². The van der Waals surface area contributed by atoms with Gasteiger partial charge < -0.3 is 10.2 Å². The lowest BCUT2D eigenvalue weighted by Crippen LogP contribution is -2.50. The van der Waals surface area contributed by atoms with Crippen LogP contribution in [0.1, 0.15) is 37.3 Å². The smallest absolute Gasteiger partial charge is 0.239 e. The lowest BCUT2D eigenvalue weighted by Gasteiger charge is -2.36. The van der Waals surface area contributed by atoms with E-state index in [1.807, 2.05) is 0 Å². The van der Waals surface area contributed by atoms with Gasteiger partial charge in [-0.25, -0.2) is 0 Å². The average Bonchev–Trinajstić information content (AvgIpc) is 2.92. The molecule has 25 heavy (non-hydrogen) atoms. The molecule has 0 aromatic heterocycles. The molecule has 6 heteroatoms. The molecule has 2 bridgehead atoms. The summed E-state index contributed by atoms with van der Waals surface area (Å²) in [6.07, 6.45) is 4.67. The molecule has 1 aromatic carbocycles. The van der Waals surface area contributed by atoms with Crippen LogP contribution in [0.4, 0.5) is 0 Å². The zero-order chi connectivity index (χ0) is 15.8. The van der Waals surface area contributed by atoms with E-state index in [-0.39, 0.29) is 30.9 Å². The van der Waals surface area contributed by atoms with Crippen molar-refractivity contribution in [1.82, 2.24) is 15.1 Å². The molecule has 140 valence electrons. The number of halogens is 2. The highest BCUT2D eigenvalue weighted by Crippen LogP contribution is 2.24. The summed E-state index contributed by atoms with van der Waals surface area (Å²) in [5.41, 5.74) is 2.83. The summed E-state index contributed by atoms with van der Waals surface area (Å²) in [7, 11) is 0. The van der Waals surface area contributed by atoms with Crippen molar-refractivity contribution in [1.29, 1.82) is 0 Å². The predicted octanol–water partition coefficient (Wildman–Crippen LogP) is 2.63. The highest BCUT2D eigenvalue weighted by Gasteiger charge is 2.34. The van der Waals surface area contributed by atoms with E-state index in [9.17, 15) is 4.79 Å². The van der Waals surface area contributed by atoms with Crippen molar-refractivity contribution in [3.8, 4) is 0 Å². The molecule has 1 N–H and O–H groups in total. The fourth-order valence-electron chi connectivity index (χ4n) is 4.41. The van der Waals surface area contributed by atoms with Gasteiger partial charge in [0.2, 0.25) is 5.91 Å². The SMILES string of the molecule is CC(C(=O)N1CCC2CCC(C1)N2)N1CCc2ccccc2C1.Cl.Cl. The highest BCUT2D eigenvalue weighted by molar-refractivity contribution is 5.85. The van der Waals surface area contributed by atoms with Gasteiger partial charge >= 0.3 is 0 Å². The average molecular weight is 386 g/mol. The number of likely N-dealkylation sites (tertiary alicyclic amines) is 1. The standard InChI is InChI=1S/C19H27N3O.2ClH/c1-14(21-10-8-15-4-2-3-5-16(15)12-21)19(23)22-11-9-17-6-7-18(13-22)20-17;;/h2-5,14,17-18,20H,6-13H2,1H3;2*1H. The van der Waals surface area contributed by atoms with Crippen molar-refractivity contribution in [2.45, 2.75) is 57.3 Å². The Morgan fingerprint density at radius 2 is 1.80 bits per heavy atom. The van der Waals surface area contributed by atoms with Crippen LogP contribution in [0.25, 0.3) is 0 Å². The molecular weight excluding hydrogens is 357 g/mol. The molecule has 3 heterocycles. The van der Waals surface area contributed by atoms with E-state index in [0.717, 1.165) is 39.0 Å². The van der Waals surface area contributed by atoms with E-state index in [1.54, 1.807) is 0 Å². The van der Waals surface area contributed by atoms with Gasteiger partial charge in [-0.05, 0) is 43.7 Å². The molecule has 4 nitrogen and oxygen atoms in total. The summed E-state index contributed by atoms with van der Waals surface area (Å²) in [5, 5.41) is 3.66. The fraction of sp³-hybridized carbons (Fsp3) is 0.632. The van der Waals surface area contributed by atoms with Crippen molar-refractivity contribution >= 4 is 30.7 Å². The Balaban J connectivity index is 0.00000113. The second-order valence-electron chi connectivity index (χ2n) is 7.38. The van der Waals surface area contributed by atoms with Crippen LogP contribution in [0.15, 0.2) is 24.3 Å². The molecular formula is C19H29Cl2N3O. The molecule has 4 rings (SSSR count). The summed E-state index contributed by atoms with van der Waals surface area (Å²) < 4.78 is 0. The molecule has 0 aliphatic carbocycles. The Morgan fingerprint density at radius 3 is 2.60 bits per heavy atom. The van der Waals surface area contributed by atoms with E-state index >= 15 is 0 Å². The van der Waals surface area contributed by atoms with Crippen molar-refractivity contribution in [2.24, 2.45) is 0 Å². The molecule has 0 saturated carbocycles. The number of fused-ring (bicyclic) bond motifs is 3. The fourth-order valence-corrected chi connectivity index (χ4v) is 4.41. The van der Waals surface area contributed by atoms with Crippen LogP contribution < -0.4 is 5.32 Å². The number of hydrogen-bond donors (Lipinski definition) is 1. The lowest BCUT2D eigenvalue weighted by molar-refractivity contribution is -0.137. The van der Waals surface area contributed by atoms with Gasteiger partial charge in [0.1, 0.15) is 0 Å². The van der Waals surface area contributed by atoms with Gasteiger partial charge in [0.15, 0.2) is 0 Å². The third-order valence-electron chi connectivity index (χ3n) is 5.90. The first kappa shape index (κ1) is 20.5. The quantitative estimate of drug-likeness (QED) is 0.849. The molecule has 3 atom stereocenters. The van der Waals surface area contributed by atoms with Crippen LogP contribution in [0.3, 0.4) is 0 Å². The highest BCUT2D eigenvalue weighted by atomic mass is 35.5. The lowest BCUT2D eigenvalue weighted by atomic mass is 9.98. The van der Waals surface area contributed by atoms with Crippen LogP contribution in [0.5, 0.6) is 0 Å². The van der Waals surface area contributed by atoms with Crippen LogP contribution in [0, 0.1) is 0 Å². The predicted molar refractivity (Wildman–Crippen MR) is 106 cm³/mol. The maximum absolute atomic E-state index is 13.0. The molecule has 2 fully saturated rings. The van der Waals surface area contributed by atoms with E-state index in [0.29, 0.717) is 18.0 Å². The van der Waals surface area contributed by atoms with Crippen molar-refractivity contribution < 1.29 is 4.79 Å². The third-order valence-corrected chi connectivity index (χ3v) is 5.90. The molecule has 3 aliphatic rings. The van der Waals surface area contributed by atoms with Crippen molar-refractivity contribution in [3.05, 3.63) is 35.4 Å². The minimum atomic E-state index is -0.0139. The van der Waals surface area contributed by atoms with E-state index in [2.05, 4.69) is 46.3 Å². The first-order valence-corrected chi connectivity index (χ1v) is 9.06. The van der Waals surface area contributed by atoms with E-state index < -0.39 is 0 Å². The Bertz CT molecular complexity index is 598. The van der Waals surface area contributed by atoms with Gasteiger partial charge in [0.25, 0.3) is 0 Å². The van der Waals surface area contributed by atoms with Gasteiger partial charge in [0.05, 0.1) is 6.04 Å². The van der Waals surface area contributed by atoms with Gasteiger partial charge in [-0.15, -0.1) is 24.8 Å². The third kappa shape index (κ3) is 4.30. The number of amides is 1. The number of nitrogens with zero attached hydrogens (tertiary/aromatic N) is 2. The van der Waals surface area contributed by atoms with Gasteiger partial charge in [-0.2, -0.15) is 0 Å². The Labute approximate surface area is 163 Å². The number of nitrogens with one attached hydrogen (secondary N) is 1. The maximum atomic E-state index is 13.0. The van der Waals surface area contributed by atoms with Crippen LogP contribution >= 0.6 is 24.8 Å². The maximum Gasteiger partial charge on any atom is 0.239 e. The van der Waals surface area contributed by atoms with Crippen LogP contribution in [-0.4, -0.2) is 53.5 Å². The molecule has 1 amide bonds. The summed E-state index contributed by atoms with van der Waals surface area (Å²) in [6, 6.07) is 9.77. The largest absolute Gasteiger partial charge is 0.340 e. The van der Waals surface area contributed by atoms with Crippen LogP contribution in [-0.2, 0) is 17.8 Å². The Morgan fingerprint density at radius 1 is 1.08 bits per heavy atom. The molecule has 0 spiro atoms. The molecule has 0 radical (unpaired) electrons. The first-order chi connectivity index (χ1) is 11.2. The zero-order valence-electron chi connectivity index (χ0n) is 14.8. The summed E-state index contributed by atoms with van der Waals surface area (Å²) >= 11 is 0. The number of carbonyl (C=O) groups is 1. The van der Waals surface area contributed by atoms with Crippen molar-refractivity contribution in [3.63, 3.8) is 0 Å². The Kier molecular flexibility index (Phi) is 7.15. The summed E-state index contributed by atoms with van der Waals surface area (Å²) in [4.78, 5) is 17.5.